The average Bonchev–Trinajstić information content (AvgIpc) is 3.10. The van der Waals surface area contributed by atoms with Crippen molar-refractivity contribution >= 4 is 0 Å². The normalized spacial score (nSPS) is 10.6. The Bertz CT molecular complexity index is 798. The molecule has 0 spiro atoms. The van der Waals surface area contributed by atoms with Crippen LogP contribution in [0.15, 0.2) is 42.5 Å². The van der Waals surface area contributed by atoms with E-state index in [4.69, 9.17) is 15.2 Å². The molecule has 0 bridgehead atoms. The first-order valence-electron chi connectivity index (χ1n) is 7.07. The number of ether oxygens (including phenoxy) is 2. The Kier molecular flexibility index (Phi) is 4.20. The molecule has 0 fully saturated rings. The highest BCUT2D eigenvalue weighted by Crippen LogP contribution is 2.29. The van der Waals surface area contributed by atoms with Crippen molar-refractivity contribution in [3.8, 4) is 28.6 Å². The SMILES string of the molecule is COc1ccc(OC)c(-n2nnnc2-c2ccc(CN)cc2)c1. The molecule has 7 heteroatoms. The molecule has 0 radical (unpaired) electrons. The van der Waals surface area contributed by atoms with E-state index in [2.05, 4.69) is 15.5 Å². The van der Waals surface area contributed by atoms with E-state index in [1.54, 1.807) is 18.9 Å². The third-order valence-corrected chi connectivity index (χ3v) is 3.53. The van der Waals surface area contributed by atoms with Crippen LogP contribution in [0, 0.1) is 0 Å². The van der Waals surface area contributed by atoms with E-state index >= 15 is 0 Å². The molecule has 0 saturated carbocycles. The molecule has 23 heavy (non-hydrogen) atoms. The molecule has 0 saturated heterocycles. The summed E-state index contributed by atoms with van der Waals surface area (Å²) >= 11 is 0. The van der Waals surface area contributed by atoms with Crippen LogP contribution in [0.1, 0.15) is 5.56 Å². The van der Waals surface area contributed by atoms with Crippen LogP contribution < -0.4 is 15.2 Å². The molecule has 1 aromatic heterocycles. The van der Waals surface area contributed by atoms with Gasteiger partial charge in [0.1, 0.15) is 17.2 Å². The lowest BCUT2D eigenvalue weighted by molar-refractivity contribution is 0.400. The van der Waals surface area contributed by atoms with Gasteiger partial charge >= 0.3 is 0 Å². The van der Waals surface area contributed by atoms with Crippen LogP contribution in [0.2, 0.25) is 0 Å². The summed E-state index contributed by atoms with van der Waals surface area (Å²) in [6.45, 7) is 0.495. The minimum absolute atomic E-state index is 0.495. The summed E-state index contributed by atoms with van der Waals surface area (Å²) < 4.78 is 12.3. The molecule has 0 aliphatic heterocycles. The van der Waals surface area contributed by atoms with Gasteiger partial charge in [-0.05, 0) is 28.1 Å². The quantitative estimate of drug-likeness (QED) is 0.773. The molecule has 3 rings (SSSR count). The molecule has 3 aromatic rings. The third-order valence-electron chi connectivity index (χ3n) is 3.53. The fraction of sp³-hybridized carbons (Fsp3) is 0.188. The second kappa shape index (κ2) is 6.45. The minimum atomic E-state index is 0.495. The summed E-state index contributed by atoms with van der Waals surface area (Å²) in [7, 11) is 3.21. The smallest absolute Gasteiger partial charge is 0.187 e. The number of hydrogen-bond donors (Lipinski definition) is 1. The van der Waals surface area contributed by atoms with Crippen molar-refractivity contribution in [1.82, 2.24) is 20.2 Å². The second-order valence-electron chi connectivity index (χ2n) is 4.85. The van der Waals surface area contributed by atoms with E-state index < -0.39 is 0 Å². The summed E-state index contributed by atoms with van der Waals surface area (Å²) in [6, 6.07) is 13.3. The van der Waals surface area contributed by atoms with E-state index in [1.165, 1.54) is 0 Å². The number of methoxy groups -OCH3 is 2. The van der Waals surface area contributed by atoms with Crippen LogP contribution in [0.3, 0.4) is 0 Å². The number of nitrogens with zero attached hydrogens (tertiary/aromatic N) is 4. The first kappa shape index (κ1) is 15.0. The van der Waals surface area contributed by atoms with Crippen molar-refractivity contribution in [2.45, 2.75) is 6.54 Å². The van der Waals surface area contributed by atoms with Gasteiger partial charge in [0.25, 0.3) is 0 Å². The van der Waals surface area contributed by atoms with Crippen molar-refractivity contribution in [3.63, 3.8) is 0 Å². The number of nitrogens with two attached hydrogens (primary N) is 1. The maximum absolute atomic E-state index is 5.63. The Morgan fingerprint density at radius 2 is 1.83 bits per heavy atom. The molecular formula is C16H17N5O2. The van der Waals surface area contributed by atoms with Crippen LogP contribution in [-0.2, 0) is 6.54 Å². The molecule has 2 aromatic carbocycles. The van der Waals surface area contributed by atoms with Gasteiger partial charge in [0.15, 0.2) is 5.82 Å². The Labute approximate surface area is 133 Å². The van der Waals surface area contributed by atoms with Crippen molar-refractivity contribution in [1.29, 1.82) is 0 Å². The molecule has 7 nitrogen and oxygen atoms in total. The van der Waals surface area contributed by atoms with Crippen molar-refractivity contribution in [2.24, 2.45) is 5.73 Å². The summed E-state index contributed by atoms with van der Waals surface area (Å²) in [5.74, 6) is 1.96. The number of rotatable bonds is 5. The predicted molar refractivity (Wildman–Crippen MR) is 85.6 cm³/mol. The first-order valence-corrected chi connectivity index (χ1v) is 7.07. The molecule has 1 heterocycles. The summed E-state index contributed by atoms with van der Waals surface area (Å²) in [6.07, 6.45) is 0. The van der Waals surface area contributed by atoms with Gasteiger partial charge in [-0.1, -0.05) is 24.3 Å². The zero-order chi connectivity index (χ0) is 16.2. The van der Waals surface area contributed by atoms with E-state index in [0.29, 0.717) is 29.6 Å². The minimum Gasteiger partial charge on any atom is -0.497 e. The summed E-state index contributed by atoms with van der Waals surface area (Å²) in [5, 5.41) is 12.0. The lowest BCUT2D eigenvalue weighted by atomic mass is 10.1. The van der Waals surface area contributed by atoms with Crippen molar-refractivity contribution < 1.29 is 9.47 Å². The molecule has 0 aliphatic rings. The standard InChI is InChI=1S/C16H17N5O2/c1-22-13-7-8-15(23-2)14(9-13)21-16(18-19-20-21)12-5-3-11(10-17)4-6-12/h3-9H,10,17H2,1-2H3. The number of aromatic nitrogens is 4. The van der Waals surface area contributed by atoms with Crippen LogP contribution in [0.5, 0.6) is 11.5 Å². The number of hydrogen-bond acceptors (Lipinski definition) is 6. The highest BCUT2D eigenvalue weighted by molar-refractivity contribution is 5.61. The molecule has 0 atom stereocenters. The zero-order valence-electron chi connectivity index (χ0n) is 12.9. The largest absolute Gasteiger partial charge is 0.497 e. The Morgan fingerprint density at radius 3 is 2.48 bits per heavy atom. The fourth-order valence-corrected chi connectivity index (χ4v) is 2.28. The zero-order valence-corrected chi connectivity index (χ0v) is 12.9. The fourth-order valence-electron chi connectivity index (χ4n) is 2.28. The van der Waals surface area contributed by atoms with Crippen LogP contribution in [0.25, 0.3) is 17.1 Å². The molecule has 0 unspecified atom stereocenters. The van der Waals surface area contributed by atoms with E-state index in [1.807, 2.05) is 42.5 Å². The number of tetrazole rings is 1. The predicted octanol–water partition coefficient (Wildman–Crippen LogP) is 1.81. The summed E-state index contributed by atoms with van der Waals surface area (Å²) in [4.78, 5) is 0. The third kappa shape index (κ3) is 2.86. The maximum Gasteiger partial charge on any atom is 0.187 e. The average molecular weight is 311 g/mol. The number of benzene rings is 2. The molecular weight excluding hydrogens is 294 g/mol. The van der Waals surface area contributed by atoms with Gasteiger partial charge in [-0.3, -0.25) is 0 Å². The van der Waals surface area contributed by atoms with Gasteiger partial charge in [0.05, 0.1) is 14.2 Å². The molecule has 0 amide bonds. The van der Waals surface area contributed by atoms with E-state index in [9.17, 15) is 0 Å². The molecule has 2 N–H and O–H groups in total. The second-order valence-corrected chi connectivity index (χ2v) is 4.85. The van der Waals surface area contributed by atoms with E-state index in [-0.39, 0.29) is 0 Å². The Balaban J connectivity index is 2.10. The van der Waals surface area contributed by atoms with Gasteiger partial charge in [-0.2, -0.15) is 4.68 Å². The highest BCUT2D eigenvalue weighted by Gasteiger charge is 2.15. The lowest BCUT2D eigenvalue weighted by Crippen LogP contribution is -2.03. The van der Waals surface area contributed by atoms with Gasteiger partial charge < -0.3 is 15.2 Å². The van der Waals surface area contributed by atoms with Crippen LogP contribution in [-0.4, -0.2) is 34.4 Å². The lowest BCUT2D eigenvalue weighted by Gasteiger charge is -2.11. The Morgan fingerprint density at radius 1 is 1.04 bits per heavy atom. The van der Waals surface area contributed by atoms with Gasteiger partial charge in [-0.15, -0.1) is 5.10 Å². The van der Waals surface area contributed by atoms with Gasteiger partial charge in [0, 0.05) is 18.2 Å². The van der Waals surface area contributed by atoms with Crippen LogP contribution >= 0.6 is 0 Å². The topological polar surface area (TPSA) is 88.1 Å². The van der Waals surface area contributed by atoms with Gasteiger partial charge in [0.2, 0.25) is 0 Å². The van der Waals surface area contributed by atoms with E-state index in [0.717, 1.165) is 11.1 Å². The van der Waals surface area contributed by atoms with Gasteiger partial charge in [-0.25, -0.2) is 0 Å². The molecule has 118 valence electrons. The van der Waals surface area contributed by atoms with Crippen LogP contribution in [0.4, 0.5) is 0 Å². The first-order chi connectivity index (χ1) is 11.3. The van der Waals surface area contributed by atoms with Crippen molar-refractivity contribution in [2.75, 3.05) is 14.2 Å². The highest BCUT2D eigenvalue weighted by atomic mass is 16.5. The monoisotopic (exact) mass is 311 g/mol. The maximum atomic E-state index is 5.63. The summed E-state index contributed by atoms with van der Waals surface area (Å²) in [5.41, 5.74) is 8.27. The van der Waals surface area contributed by atoms with Crippen molar-refractivity contribution in [3.05, 3.63) is 48.0 Å². The molecule has 0 aliphatic carbocycles. The Hall–Kier alpha value is -2.93.